The van der Waals surface area contributed by atoms with Crippen molar-refractivity contribution in [3.63, 3.8) is 0 Å². The summed E-state index contributed by atoms with van der Waals surface area (Å²) in [5, 5.41) is 11.1. The smallest absolute Gasteiger partial charge is 0.319 e. The molecule has 4 amide bonds. The molecule has 4 N–H and O–H groups in total. The van der Waals surface area contributed by atoms with Crippen molar-refractivity contribution in [3.8, 4) is 0 Å². The normalized spacial score (nSPS) is 16.9. The van der Waals surface area contributed by atoms with E-state index in [9.17, 15) is 9.59 Å². The monoisotopic (exact) mass is 308 g/mol. The van der Waals surface area contributed by atoms with Crippen LogP contribution in [0.2, 0.25) is 0 Å². The van der Waals surface area contributed by atoms with E-state index in [-0.39, 0.29) is 18.1 Å². The quantitative estimate of drug-likeness (QED) is 0.589. The molecule has 1 fully saturated rings. The van der Waals surface area contributed by atoms with Crippen molar-refractivity contribution in [1.29, 1.82) is 0 Å². The fourth-order valence-corrected chi connectivity index (χ4v) is 2.41. The van der Waals surface area contributed by atoms with E-state index in [4.69, 9.17) is 0 Å². The zero-order valence-electron chi connectivity index (χ0n) is 13.8. The maximum Gasteiger partial charge on any atom is 0.319 e. The number of urea groups is 2. The zero-order valence-corrected chi connectivity index (χ0v) is 13.8. The average molecular weight is 308 g/mol. The number of amides is 4. The van der Waals surface area contributed by atoms with Crippen LogP contribution in [0.15, 0.2) is 23.5 Å². The Morgan fingerprint density at radius 3 is 2.32 bits per heavy atom. The predicted molar refractivity (Wildman–Crippen MR) is 88.3 cm³/mol. The van der Waals surface area contributed by atoms with Gasteiger partial charge >= 0.3 is 12.1 Å². The van der Waals surface area contributed by atoms with Gasteiger partial charge in [-0.05, 0) is 32.3 Å². The van der Waals surface area contributed by atoms with Gasteiger partial charge in [0.25, 0.3) is 0 Å². The van der Waals surface area contributed by atoms with Crippen LogP contribution < -0.4 is 21.3 Å². The molecular weight excluding hydrogens is 280 g/mol. The van der Waals surface area contributed by atoms with Gasteiger partial charge in [-0.2, -0.15) is 0 Å². The lowest BCUT2D eigenvalue weighted by Crippen LogP contribution is -2.42. The minimum Gasteiger partial charge on any atom is -0.341 e. The van der Waals surface area contributed by atoms with E-state index in [2.05, 4.69) is 21.3 Å². The highest BCUT2D eigenvalue weighted by Crippen LogP contribution is 2.17. The lowest BCUT2D eigenvalue weighted by Gasteiger charge is -2.23. The largest absolute Gasteiger partial charge is 0.341 e. The van der Waals surface area contributed by atoms with Crippen LogP contribution in [0.4, 0.5) is 9.59 Å². The number of carbonyl (C=O) groups is 2. The Hall–Kier alpha value is -1.98. The molecule has 124 valence electrons. The van der Waals surface area contributed by atoms with E-state index in [1.165, 1.54) is 19.3 Å². The number of hydrogen-bond donors (Lipinski definition) is 4. The summed E-state index contributed by atoms with van der Waals surface area (Å²) in [6.45, 7) is 3.79. The van der Waals surface area contributed by atoms with Gasteiger partial charge in [0.2, 0.25) is 0 Å². The molecule has 1 aliphatic rings. The second-order valence-electron chi connectivity index (χ2n) is 5.40. The van der Waals surface area contributed by atoms with Crippen molar-refractivity contribution in [2.45, 2.75) is 58.4 Å². The number of carbonyl (C=O) groups excluding carboxylic acids is 2. The summed E-state index contributed by atoms with van der Waals surface area (Å²) in [6, 6.07) is -0.182. The summed E-state index contributed by atoms with van der Waals surface area (Å²) in [5.74, 6) is 0. The second kappa shape index (κ2) is 9.87. The molecule has 0 radical (unpaired) electrons. The molecule has 0 aliphatic heterocycles. The molecule has 6 heteroatoms. The van der Waals surface area contributed by atoms with Crippen molar-refractivity contribution < 1.29 is 9.59 Å². The van der Waals surface area contributed by atoms with Crippen LogP contribution in [0.5, 0.6) is 0 Å². The summed E-state index contributed by atoms with van der Waals surface area (Å²) in [7, 11) is 1.56. The molecule has 0 aromatic carbocycles. The first-order chi connectivity index (χ1) is 10.6. The van der Waals surface area contributed by atoms with Gasteiger partial charge in [-0.25, -0.2) is 9.59 Å². The van der Waals surface area contributed by atoms with E-state index in [1.807, 2.05) is 13.8 Å². The molecule has 0 atom stereocenters. The van der Waals surface area contributed by atoms with Crippen molar-refractivity contribution in [3.05, 3.63) is 23.5 Å². The number of rotatable bonds is 5. The van der Waals surface area contributed by atoms with Crippen LogP contribution >= 0.6 is 0 Å². The van der Waals surface area contributed by atoms with E-state index < -0.39 is 0 Å². The molecule has 1 rings (SSSR count). The van der Waals surface area contributed by atoms with Crippen LogP contribution in [-0.2, 0) is 0 Å². The number of allylic oxidation sites excluding steroid dienone is 3. The molecule has 22 heavy (non-hydrogen) atoms. The Kier molecular flexibility index (Phi) is 8.10. The molecule has 1 saturated carbocycles. The first-order valence-electron chi connectivity index (χ1n) is 8.02. The molecule has 0 saturated heterocycles. The number of nitrogens with one attached hydrogen (secondary N) is 4. The highest BCUT2D eigenvalue weighted by atomic mass is 16.2. The highest BCUT2D eigenvalue weighted by molar-refractivity contribution is 5.77. The van der Waals surface area contributed by atoms with Gasteiger partial charge in [-0.15, -0.1) is 0 Å². The maximum absolute atomic E-state index is 12.0. The highest BCUT2D eigenvalue weighted by Gasteiger charge is 2.15. The topological polar surface area (TPSA) is 82.3 Å². The van der Waals surface area contributed by atoms with E-state index in [0.29, 0.717) is 12.1 Å². The third-order valence-electron chi connectivity index (χ3n) is 3.72. The van der Waals surface area contributed by atoms with Gasteiger partial charge < -0.3 is 21.3 Å². The maximum atomic E-state index is 12.0. The van der Waals surface area contributed by atoms with Gasteiger partial charge in [-0.3, -0.25) is 0 Å². The molecular formula is C16H28N4O2. The fraction of sp³-hybridized carbons (Fsp3) is 0.625. The van der Waals surface area contributed by atoms with Crippen LogP contribution in [-0.4, -0.2) is 25.2 Å². The Morgan fingerprint density at radius 2 is 1.77 bits per heavy atom. The summed E-state index contributed by atoms with van der Waals surface area (Å²) in [5.41, 5.74) is 1.41. The lowest BCUT2D eigenvalue weighted by molar-refractivity contribution is 0.235. The first-order valence-corrected chi connectivity index (χ1v) is 8.02. The first kappa shape index (κ1) is 18.1. The Morgan fingerprint density at radius 1 is 1.09 bits per heavy atom. The third kappa shape index (κ3) is 6.65. The van der Waals surface area contributed by atoms with Gasteiger partial charge in [-0.1, -0.05) is 32.3 Å². The SMILES string of the molecule is C/C=C(\C=C(/CC)NC(=O)NC1CCCCC1)NC(=O)NC. The van der Waals surface area contributed by atoms with Crippen LogP contribution in [0.25, 0.3) is 0 Å². The van der Waals surface area contributed by atoms with E-state index >= 15 is 0 Å². The van der Waals surface area contributed by atoms with Gasteiger partial charge in [0.15, 0.2) is 0 Å². The molecule has 1 aliphatic carbocycles. The molecule has 0 unspecified atom stereocenters. The lowest BCUT2D eigenvalue weighted by atomic mass is 9.96. The minimum atomic E-state index is -0.286. The van der Waals surface area contributed by atoms with Gasteiger partial charge in [0, 0.05) is 24.5 Å². The van der Waals surface area contributed by atoms with Gasteiger partial charge in [0.05, 0.1) is 0 Å². The van der Waals surface area contributed by atoms with E-state index in [1.54, 1.807) is 19.2 Å². The molecule has 6 nitrogen and oxygen atoms in total. The molecule has 0 spiro atoms. The molecule has 0 aromatic heterocycles. The van der Waals surface area contributed by atoms with Crippen LogP contribution in [0, 0.1) is 0 Å². The summed E-state index contributed by atoms with van der Waals surface area (Å²) in [4.78, 5) is 23.4. The van der Waals surface area contributed by atoms with E-state index in [0.717, 1.165) is 18.5 Å². The van der Waals surface area contributed by atoms with Crippen LogP contribution in [0.1, 0.15) is 52.4 Å². The number of hydrogen-bond acceptors (Lipinski definition) is 2. The summed E-state index contributed by atoms with van der Waals surface area (Å²) >= 11 is 0. The molecule has 0 bridgehead atoms. The summed E-state index contributed by atoms with van der Waals surface area (Å²) < 4.78 is 0. The van der Waals surface area contributed by atoms with Crippen molar-refractivity contribution in [2.24, 2.45) is 0 Å². The Balaban J connectivity index is 2.56. The third-order valence-corrected chi connectivity index (χ3v) is 3.72. The van der Waals surface area contributed by atoms with Gasteiger partial charge in [0.1, 0.15) is 0 Å². The van der Waals surface area contributed by atoms with Crippen molar-refractivity contribution >= 4 is 12.1 Å². The fourth-order valence-electron chi connectivity index (χ4n) is 2.41. The Labute approximate surface area is 132 Å². The molecule has 0 aromatic rings. The standard InChI is InChI=1S/C16H28N4O2/c1-4-12(18-15(21)17-3)11-13(5-2)19-16(22)20-14-9-7-6-8-10-14/h4,11,14H,5-10H2,1-3H3,(H2,17,18,21)(H2,19,20,22)/b12-4+,13-11+. The predicted octanol–water partition coefficient (Wildman–Crippen LogP) is 2.75. The minimum absolute atomic E-state index is 0.171. The molecule has 0 heterocycles. The van der Waals surface area contributed by atoms with Crippen molar-refractivity contribution in [2.75, 3.05) is 7.05 Å². The van der Waals surface area contributed by atoms with Crippen LogP contribution in [0.3, 0.4) is 0 Å². The zero-order chi connectivity index (χ0) is 16.4. The summed E-state index contributed by atoms with van der Waals surface area (Å²) in [6.07, 6.45) is 9.95. The van der Waals surface area contributed by atoms with Crippen molar-refractivity contribution in [1.82, 2.24) is 21.3 Å². The second-order valence-corrected chi connectivity index (χ2v) is 5.40. The average Bonchev–Trinajstić information content (AvgIpc) is 2.53. The Bertz CT molecular complexity index is 437.